The summed E-state index contributed by atoms with van der Waals surface area (Å²) in [6.07, 6.45) is 1.64. The van der Waals surface area contributed by atoms with Crippen LogP contribution in [-0.2, 0) is 14.4 Å². The number of aliphatic carboxylic acids is 1. The number of carbonyl (C=O) groups excluding carboxylic acids is 2. The Labute approximate surface area is 113 Å². The Morgan fingerprint density at radius 3 is 2.16 bits per heavy atom. The zero-order chi connectivity index (χ0) is 14.9. The molecule has 0 spiro atoms. The molecule has 0 saturated carbocycles. The average molecular weight is 272 g/mol. The molecule has 0 heterocycles. The lowest BCUT2D eigenvalue weighted by Gasteiger charge is -2.17. The van der Waals surface area contributed by atoms with Crippen molar-refractivity contribution in [1.29, 1.82) is 0 Å². The van der Waals surface area contributed by atoms with Crippen molar-refractivity contribution in [1.82, 2.24) is 10.6 Å². The Morgan fingerprint density at radius 1 is 1.00 bits per heavy atom. The molecule has 2 amide bonds. The standard InChI is InChI=1S/C13H24N2O4/c1-13(2,3)8-10(16)15-9-11(17)14-7-5-4-6-12(18)19/h4-9H2,1-3H3,(H,14,17)(H,15,16)(H,18,19). The van der Waals surface area contributed by atoms with Gasteiger partial charge in [0.15, 0.2) is 0 Å². The molecule has 0 fully saturated rings. The van der Waals surface area contributed by atoms with Gasteiger partial charge in [0.2, 0.25) is 11.8 Å². The minimum absolute atomic E-state index is 0.0339. The number of unbranched alkanes of at least 4 members (excludes halogenated alkanes) is 1. The van der Waals surface area contributed by atoms with Crippen molar-refractivity contribution in [2.45, 2.75) is 46.5 Å². The van der Waals surface area contributed by atoms with Gasteiger partial charge in [-0.3, -0.25) is 14.4 Å². The van der Waals surface area contributed by atoms with Gasteiger partial charge in [0.05, 0.1) is 6.54 Å². The molecule has 0 saturated heterocycles. The molecule has 0 aliphatic heterocycles. The van der Waals surface area contributed by atoms with Gasteiger partial charge in [0.1, 0.15) is 0 Å². The number of rotatable bonds is 8. The lowest BCUT2D eigenvalue weighted by Crippen LogP contribution is -2.38. The van der Waals surface area contributed by atoms with E-state index >= 15 is 0 Å². The fourth-order valence-corrected chi connectivity index (χ4v) is 1.41. The second-order valence-electron chi connectivity index (χ2n) is 5.71. The van der Waals surface area contributed by atoms with Gasteiger partial charge >= 0.3 is 5.97 Å². The number of carbonyl (C=O) groups is 3. The van der Waals surface area contributed by atoms with Crippen molar-refractivity contribution in [3.8, 4) is 0 Å². The quantitative estimate of drug-likeness (QED) is 0.572. The summed E-state index contributed by atoms with van der Waals surface area (Å²) >= 11 is 0. The number of hydrogen-bond acceptors (Lipinski definition) is 3. The largest absolute Gasteiger partial charge is 0.481 e. The smallest absolute Gasteiger partial charge is 0.303 e. The third-order valence-corrected chi connectivity index (χ3v) is 2.28. The van der Waals surface area contributed by atoms with Gasteiger partial charge in [-0.15, -0.1) is 0 Å². The summed E-state index contributed by atoms with van der Waals surface area (Å²) in [4.78, 5) is 33.1. The van der Waals surface area contributed by atoms with Gasteiger partial charge < -0.3 is 15.7 Å². The minimum Gasteiger partial charge on any atom is -0.481 e. The topological polar surface area (TPSA) is 95.5 Å². The lowest BCUT2D eigenvalue weighted by atomic mass is 9.92. The molecule has 0 aliphatic carbocycles. The highest BCUT2D eigenvalue weighted by atomic mass is 16.4. The van der Waals surface area contributed by atoms with Crippen LogP contribution in [-0.4, -0.2) is 36.0 Å². The van der Waals surface area contributed by atoms with Gasteiger partial charge in [-0.05, 0) is 18.3 Å². The first-order valence-corrected chi connectivity index (χ1v) is 6.46. The summed E-state index contributed by atoms with van der Waals surface area (Å²) in [6, 6.07) is 0. The van der Waals surface area contributed by atoms with Crippen LogP contribution < -0.4 is 10.6 Å². The van der Waals surface area contributed by atoms with E-state index in [0.717, 1.165) is 0 Å². The maximum atomic E-state index is 11.5. The van der Waals surface area contributed by atoms with Gasteiger partial charge in [0.25, 0.3) is 0 Å². The van der Waals surface area contributed by atoms with E-state index in [1.807, 2.05) is 20.8 Å². The number of carboxylic acids is 1. The molecule has 0 bridgehead atoms. The average Bonchev–Trinajstić information content (AvgIpc) is 2.23. The molecule has 0 rings (SSSR count). The second kappa shape index (κ2) is 8.50. The highest BCUT2D eigenvalue weighted by molar-refractivity contribution is 5.84. The first-order valence-electron chi connectivity index (χ1n) is 6.46. The Balaban J connectivity index is 3.59. The van der Waals surface area contributed by atoms with Crippen molar-refractivity contribution in [3.63, 3.8) is 0 Å². The van der Waals surface area contributed by atoms with E-state index < -0.39 is 5.97 Å². The van der Waals surface area contributed by atoms with Crippen LogP contribution in [0.5, 0.6) is 0 Å². The Bertz CT molecular complexity index is 321. The van der Waals surface area contributed by atoms with E-state index in [-0.39, 0.29) is 30.2 Å². The molecule has 0 aromatic carbocycles. The number of hydrogen-bond donors (Lipinski definition) is 3. The highest BCUT2D eigenvalue weighted by Crippen LogP contribution is 2.17. The molecule has 0 unspecified atom stereocenters. The van der Waals surface area contributed by atoms with Crippen LogP contribution in [0.2, 0.25) is 0 Å². The molecule has 6 nitrogen and oxygen atoms in total. The van der Waals surface area contributed by atoms with Gasteiger partial charge in [-0.1, -0.05) is 20.8 Å². The molecule has 6 heteroatoms. The summed E-state index contributed by atoms with van der Waals surface area (Å²) in [6.45, 7) is 6.26. The summed E-state index contributed by atoms with van der Waals surface area (Å²) in [5.74, 6) is -1.23. The molecular formula is C13H24N2O4. The zero-order valence-corrected chi connectivity index (χ0v) is 11.9. The summed E-state index contributed by atoms with van der Waals surface area (Å²) in [5.41, 5.74) is -0.0998. The predicted octanol–water partition coefficient (Wildman–Crippen LogP) is 0.910. The molecule has 0 aromatic heterocycles. The van der Waals surface area contributed by atoms with Crippen molar-refractivity contribution < 1.29 is 19.5 Å². The maximum Gasteiger partial charge on any atom is 0.303 e. The Morgan fingerprint density at radius 2 is 1.63 bits per heavy atom. The van der Waals surface area contributed by atoms with Gasteiger partial charge in [-0.25, -0.2) is 0 Å². The maximum absolute atomic E-state index is 11.5. The summed E-state index contributed by atoms with van der Waals surface area (Å²) in [7, 11) is 0. The second-order valence-corrected chi connectivity index (χ2v) is 5.71. The molecule has 0 aliphatic rings. The molecule has 110 valence electrons. The first-order chi connectivity index (χ1) is 8.70. The summed E-state index contributed by atoms with van der Waals surface area (Å²) in [5, 5.41) is 13.6. The molecule has 0 aromatic rings. The molecule has 0 radical (unpaired) electrons. The highest BCUT2D eigenvalue weighted by Gasteiger charge is 2.16. The predicted molar refractivity (Wildman–Crippen MR) is 71.6 cm³/mol. The van der Waals surface area contributed by atoms with Crippen LogP contribution >= 0.6 is 0 Å². The van der Waals surface area contributed by atoms with E-state index in [1.165, 1.54) is 0 Å². The molecule has 3 N–H and O–H groups in total. The third kappa shape index (κ3) is 12.7. The summed E-state index contributed by atoms with van der Waals surface area (Å²) < 4.78 is 0. The van der Waals surface area contributed by atoms with Crippen molar-refractivity contribution >= 4 is 17.8 Å². The van der Waals surface area contributed by atoms with Crippen molar-refractivity contribution in [2.24, 2.45) is 5.41 Å². The van der Waals surface area contributed by atoms with E-state index in [4.69, 9.17) is 5.11 Å². The van der Waals surface area contributed by atoms with Gasteiger partial charge in [0, 0.05) is 19.4 Å². The molecule has 19 heavy (non-hydrogen) atoms. The molecule has 0 atom stereocenters. The van der Waals surface area contributed by atoms with Gasteiger partial charge in [-0.2, -0.15) is 0 Å². The monoisotopic (exact) mass is 272 g/mol. The van der Waals surface area contributed by atoms with Crippen molar-refractivity contribution in [3.05, 3.63) is 0 Å². The van der Waals surface area contributed by atoms with Crippen LogP contribution in [0.3, 0.4) is 0 Å². The van der Waals surface area contributed by atoms with Crippen LogP contribution in [0.15, 0.2) is 0 Å². The number of nitrogens with one attached hydrogen (secondary N) is 2. The van der Waals surface area contributed by atoms with Crippen LogP contribution in [0.25, 0.3) is 0 Å². The Hall–Kier alpha value is -1.59. The normalized spacial score (nSPS) is 10.9. The SMILES string of the molecule is CC(C)(C)CC(=O)NCC(=O)NCCCCC(=O)O. The fourth-order valence-electron chi connectivity index (χ4n) is 1.41. The van der Waals surface area contributed by atoms with E-state index in [0.29, 0.717) is 25.8 Å². The van der Waals surface area contributed by atoms with E-state index in [9.17, 15) is 14.4 Å². The molecular weight excluding hydrogens is 248 g/mol. The minimum atomic E-state index is -0.833. The fraction of sp³-hybridized carbons (Fsp3) is 0.769. The van der Waals surface area contributed by atoms with Crippen LogP contribution in [0.4, 0.5) is 0 Å². The number of amides is 2. The van der Waals surface area contributed by atoms with Crippen LogP contribution in [0.1, 0.15) is 46.5 Å². The van der Waals surface area contributed by atoms with E-state index in [2.05, 4.69) is 10.6 Å². The number of carboxylic acid groups (broad SMARTS) is 1. The third-order valence-electron chi connectivity index (χ3n) is 2.28. The zero-order valence-electron chi connectivity index (χ0n) is 11.9. The van der Waals surface area contributed by atoms with Crippen LogP contribution in [0, 0.1) is 5.41 Å². The Kier molecular flexibility index (Phi) is 7.79. The van der Waals surface area contributed by atoms with Crippen molar-refractivity contribution in [2.75, 3.05) is 13.1 Å². The lowest BCUT2D eigenvalue weighted by molar-refractivity contribution is -0.137. The first kappa shape index (κ1) is 17.4. The van der Waals surface area contributed by atoms with E-state index in [1.54, 1.807) is 0 Å².